The molecule has 0 aromatic rings. The van der Waals surface area contributed by atoms with Crippen molar-refractivity contribution in [2.75, 3.05) is 0 Å². The highest BCUT2D eigenvalue weighted by molar-refractivity contribution is 5.97. The van der Waals surface area contributed by atoms with Crippen LogP contribution in [0.3, 0.4) is 0 Å². The molecule has 0 unspecified atom stereocenters. The lowest BCUT2D eigenvalue weighted by atomic mass is 9.99. The van der Waals surface area contributed by atoms with E-state index in [1.807, 2.05) is 13.8 Å². The zero-order valence-corrected chi connectivity index (χ0v) is 6.02. The molecule has 1 rings (SSSR count). The van der Waals surface area contributed by atoms with Crippen LogP contribution in [0.15, 0.2) is 0 Å². The summed E-state index contributed by atoms with van der Waals surface area (Å²) in [5, 5.41) is 4.76. The lowest BCUT2D eigenvalue weighted by Crippen LogP contribution is -2.57. The van der Waals surface area contributed by atoms with Gasteiger partial charge < -0.3 is 5.32 Å². The molecule has 0 spiro atoms. The number of urea groups is 1. The average Bonchev–Trinajstić information content (AvgIpc) is 1.54. The minimum Gasteiger partial charge on any atom is -0.332 e. The van der Waals surface area contributed by atoms with Crippen molar-refractivity contribution < 1.29 is 9.59 Å². The number of carbonyl (C=O) groups is 2. The number of amides is 3. The summed E-state index contributed by atoms with van der Waals surface area (Å²) in [6.45, 7) is 3.62. The van der Waals surface area contributed by atoms with Gasteiger partial charge in [-0.25, -0.2) is 4.79 Å². The molecule has 1 aliphatic rings. The summed E-state index contributed by atoms with van der Waals surface area (Å²) < 4.78 is 0. The smallest absolute Gasteiger partial charge is 0.321 e. The van der Waals surface area contributed by atoms with Gasteiger partial charge in [-0.15, -0.1) is 0 Å². The van der Waals surface area contributed by atoms with Crippen molar-refractivity contribution in [3.8, 4) is 0 Å². The molecule has 0 aromatic heterocycles. The number of hydrogen-bond donors (Lipinski definition) is 2. The Kier molecular flexibility index (Phi) is 1.39. The van der Waals surface area contributed by atoms with Gasteiger partial charge in [0.15, 0.2) is 0 Å². The van der Waals surface area contributed by atoms with E-state index in [9.17, 15) is 9.59 Å². The molecule has 2 N–H and O–H groups in total. The van der Waals surface area contributed by atoms with Crippen LogP contribution in [0.1, 0.15) is 20.3 Å². The van der Waals surface area contributed by atoms with E-state index in [-0.39, 0.29) is 11.4 Å². The lowest BCUT2D eigenvalue weighted by molar-refractivity contribution is -0.122. The molecule has 10 heavy (non-hydrogen) atoms. The quantitative estimate of drug-likeness (QED) is 0.500. The van der Waals surface area contributed by atoms with Crippen molar-refractivity contribution in [3.63, 3.8) is 0 Å². The summed E-state index contributed by atoms with van der Waals surface area (Å²) in [7, 11) is 0. The Morgan fingerprint density at radius 1 is 1.40 bits per heavy atom. The van der Waals surface area contributed by atoms with Crippen molar-refractivity contribution in [2.24, 2.45) is 0 Å². The molecule has 4 heteroatoms. The van der Waals surface area contributed by atoms with E-state index in [1.165, 1.54) is 0 Å². The molecule has 4 nitrogen and oxygen atoms in total. The monoisotopic (exact) mass is 142 g/mol. The van der Waals surface area contributed by atoms with Crippen molar-refractivity contribution in [3.05, 3.63) is 0 Å². The number of hydrogen-bond acceptors (Lipinski definition) is 2. The minimum atomic E-state index is -0.402. The summed E-state index contributed by atoms with van der Waals surface area (Å²) in [5.41, 5.74) is -0.389. The van der Waals surface area contributed by atoms with Gasteiger partial charge in [0, 0.05) is 12.0 Å². The second kappa shape index (κ2) is 1.97. The maximum Gasteiger partial charge on any atom is 0.321 e. The van der Waals surface area contributed by atoms with Crippen molar-refractivity contribution in [1.29, 1.82) is 0 Å². The van der Waals surface area contributed by atoms with Crippen LogP contribution in [0, 0.1) is 0 Å². The molecular weight excluding hydrogens is 132 g/mol. The maximum absolute atomic E-state index is 10.7. The largest absolute Gasteiger partial charge is 0.332 e. The first-order valence-electron chi connectivity index (χ1n) is 3.12. The Morgan fingerprint density at radius 3 is 2.40 bits per heavy atom. The topological polar surface area (TPSA) is 58.2 Å². The van der Waals surface area contributed by atoms with Gasteiger partial charge in [0.05, 0.1) is 0 Å². The molecule has 0 aliphatic carbocycles. The Balaban J connectivity index is 2.68. The number of rotatable bonds is 0. The Labute approximate surface area is 59.0 Å². The molecule has 56 valence electrons. The molecule has 0 atom stereocenters. The van der Waals surface area contributed by atoms with Gasteiger partial charge in [-0.2, -0.15) is 0 Å². The number of imide groups is 1. The van der Waals surface area contributed by atoms with Gasteiger partial charge in [0.2, 0.25) is 5.91 Å². The Morgan fingerprint density at radius 2 is 2.00 bits per heavy atom. The third-order valence-corrected chi connectivity index (χ3v) is 1.31. The summed E-state index contributed by atoms with van der Waals surface area (Å²) in [6.07, 6.45) is 0.346. The molecular formula is C6H10N2O2. The molecule has 0 bridgehead atoms. The second-order valence-electron chi connectivity index (χ2n) is 3.06. The molecule has 0 saturated carbocycles. The SMILES string of the molecule is CC1(C)CC(=O)NC(=O)N1. The highest BCUT2D eigenvalue weighted by Crippen LogP contribution is 2.10. The summed E-state index contributed by atoms with van der Waals surface area (Å²) in [4.78, 5) is 21.4. The third kappa shape index (κ3) is 1.46. The fourth-order valence-corrected chi connectivity index (χ4v) is 0.955. The van der Waals surface area contributed by atoms with Gasteiger partial charge in [-0.1, -0.05) is 0 Å². The normalized spacial score (nSPS) is 23.4. The molecule has 1 heterocycles. The van der Waals surface area contributed by atoms with E-state index >= 15 is 0 Å². The standard InChI is InChI=1S/C6H10N2O2/c1-6(2)3-4(9)7-5(10)8-6/h3H2,1-2H3,(H2,7,8,9,10). The predicted molar refractivity (Wildman–Crippen MR) is 35.4 cm³/mol. The lowest BCUT2D eigenvalue weighted by Gasteiger charge is -2.29. The van der Waals surface area contributed by atoms with Gasteiger partial charge in [-0.3, -0.25) is 10.1 Å². The van der Waals surface area contributed by atoms with E-state index in [1.54, 1.807) is 0 Å². The Bertz CT molecular complexity index is 168. The minimum absolute atomic E-state index is 0.214. The number of carbonyl (C=O) groups excluding carboxylic acids is 2. The van der Waals surface area contributed by atoms with Crippen molar-refractivity contribution in [1.82, 2.24) is 10.6 Å². The zero-order valence-electron chi connectivity index (χ0n) is 6.02. The first kappa shape index (κ1) is 7.05. The fourth-order valence-electron chi connectivity index (χ4n) is 0.955. The van der Waals surface area contributed by atoms with Crippen LogP contribution in [-0.4, -0.2) is 17.5 Å². The summed E-state index contributed by atoms with van der Waals surface area (Å²) >= 11 is 0. The van der Waals surface area contributed by atoms with E-state index in [0.29, 0.717) is 6.42 Å². The Hall–Kier alpha value is -1.06. The first-order valence-corrected chi connectivity index (χ1v) is 3.12. The zero-order chi connectivity index (χ0) is 7.78. The van der Waals surface area contributed by atoms with E-state index in [2.05, 4.69) is 10.6 Å². The molecule has 3 amide bonds. The van der Waals surface area contributed by atoms with E-state index in [4.69, 9.17) is 0 Å². The van der Waals surface area contributed by atoms with E-state index in [0.717, 1.165) is 0 Å². The van der Waals surface area contributed by atoms with Gasteiger partial charge in [0.1, 0.15) is 0 Å². The molecule has 0 radical (unpaired) electrons. The number of nitrogens with one attached hydrogen (secondary N) is 2. The van der Waals surface area contributed by atoms with Crippen LogP contribution in [0.25, 0.3) is 0 Å². The van der Waals surface area contributed by atoms with Crippen LogP contribution in [0.5, 0.6) is 0 Å². The highest BCUT2D eigenvalue weighted by atomic mass is 16.2. The third-order valence-electron chi connectivity index (χ3n) is 1.31. The summed E-state index contributed by atoms with van der Waals surface area (Å²) in [5.74, 6) is -0.214. The molecule has 1 saturated heterocycles. The fraction of sp³-hybridized carbons (Fsp3) is 0.667. The van der Waals surface area contributed by atoms with Crippen molar-refractivity contribution in [2.45, 2.75) is 25.8 Å². The van der Waals surface area contributed by atoms with Gasteiger partial charge in [-0.05, 0) is 13.8 Å². The molecule has 1 aliphatic heterocycles. The van der Waals surface area contributed by atoms with Gasteiger partial charge in [0.25, 0.3) is 0 Å². The molecule has 0 aromatic carbocycles. The summed E-state index contributed by atoms with van der Waals surface area (Å²) in [6, 6.07) is -0.402. The van der Waals surface area contributed by atoms with Crippen LogP contribution in [0.2, 0.25) is 0 Å². The maximum atomic E-state index is 10.7. The van der Waals surface area contributed by atoms with Crippen LogP contribution >= 0.6 is 0 Å². The average molecular weight is 142 g/mol. The predicted octanol–water partition coefficient (Wildman–Crippen LogP) is -0.00550. The van der Waals surface area contributed by atoms with Crippen LogP contribution in [0.4, 0.5) is 4.79 Å². The second-order valence-corrected chi connectivity index (χ2v) is 3.06. The molecule has 1 fully saturated rings. The first-order chi connectivity index (χ1) is 4.49. The van der Waals surface area contributed by atoms with Crippen LogP contribution in [-0.2, 0) is 4.79 Å². The van der Waals surface area contributed by atoms with Crippen molar-refractivity contribution >= 4 is 11.9 Å². The highest BCUT2D eigenvalue weighted by Gasteiger charge is 2.29. The van der Waals surface area contributed by atoms with Crippen LogP contribution < -0.4 is 10.6 Å². The van der Waals surface area contributed by atoms with E-state index < -0.39 is 6.03 Å². The van der Waals surface area contributed by atoms with Gasteiger partial charge >= 0.3 is 6.03 Å².